The Kier molecular flexibility index (Phi) is 2.37. The highest BCUT2D eigenvalue weighted by molar-refractivity contribution is 5.93. The fourth-order valence-corrected chi connectivity index (χ4v) is 1.91. The van der Waals surface area contributed by atoms with Gasteiger partial charge in [-0.1, -0.05) is 0 Å². The lowest BCUT2D eigenvalue weighted by atomic mass is 10.3. The number of H-pyrrole nitrogens is 2. The van der Waals surface area contributed by atoms with Gasteiger partial charge in [-0.05, 0) is 37.3 Å². The summed E-state index contributed by atoms with van der Waals surface area (Å²) in [6.45, 7) is 1.71. The Bertz CT molecular complexity index is 693. The third kappa shape index (κ3) is 1.86. The van der Waals surface area contributed by atoms with Crippen LogP contribution in [0.4, 0.5) is 5.69 Å². The SMILES string of the molecule is CC(=N)Nc1ccc2[nH]c(-c3ccc[nH]3)nc2c1. The van der Waals surface area contributed by atoms with Crippen LogP contribution in [0.3, 0.4) is 0 Å². The number of imidazole rings is 1. The van der Waals surface area contributed by atoms with E-state index in [-0.39, 0.29) is 0 Å². The van der Waals surface area contributed by atoms with E-state index in [9.17, 15) is 0 Å². The topological polar surface area (TPSA) is 80.4 Å². The number of aromatic amines is 2. The maximum absolute atomic E-state index is 7.41. The molecule has 18 heavy (non-hydrogen) atoms. The summed E-state index contributed by atoms with van der Waals surface area (Å²) in [5, 5.41) is 10.4. The molecule has 0 aliphatic rings. The summed E-state index contributed by atoms with van der Waals surface area (Å²) in [4.78, 5) is 10.9. The molecule has 0 unspecified atom stereocenters. The van der Waals surface area contributed by atoms with Gasteiger partial charge in [-0.3, -0.25) is 5.41 Å². The first kappa shape index (κ1) is 10.6. The predicted octanol–water partition coefficient (Wildman–Crippen LogP) is 2.97. The third-order valence-corrected chi connectivity index (χ3v) is 2.67. The van der Waals surface area contributed by atoms with Crippen LogP contribution < -0.4 is 5.32 Å². The van der Waals surface area contributed by atoms with E-state index in [0.29, 0.717) is 5.84 Å². The molecule has 0 aliphatic heterocycles. The summed E-state index contributed by atoms with van der Waals surface area (Å²) in [6.07, 6.45) is 1.87. The first-order valence-corrected chi connectivity index (χ1v) is 5.68. The molecular weight excluding hydrogens is 226 g/mol. The number of amidine groups is 1. The highest BCUT2D eigenvalue weighted by Crippen LogP contribution is 2.21. The summed E-state index contributed by atoms with van der Waals surface area (Å²) < 4.78 is 0. The number of nitrogens with one attached hydrogen (secondary N) is 4. The molecule has 5 nitrogen and oxygen atoms in total. The van der Waals surface area contributed by atoms with Crippen molar-refractivity contribution in [3.8, 4) is 11.5 Å². The maximum atomic E-state index is 7.41. The van der Waals surface area contributed by atoms with Gasteiger partial charge >= 0.3 is 0 Å². The molecule has 0 saturated heterocycles. The van der Waals surface area contributed by atoms with Gasteiger partial charge in [-0.2, -0.15) is 0 Å². The zero-order valence-corrected chi connectivity index (χ0v) is 9.91. The van der Waals surface area contributed by atoms with Crippen molar-refractivity contribution in [2.24, 2.45) is 0 Å². The molecule has 0 saturated carbocycles. The number of fused-ring (bicyclic) bond motifs is 1. The van der Waals surface area contributed by atoms with E-state index in [0.717, 1.165) is 28.2 Å². The predicted molar refractivity (Wildman–Crippen MR) is 72.9 cm³/mol. The van der Waals surface area contributed by atoms with Crippen LogP contribution in [-0.4, -0.2) is 20.8 Å². The minimum atomic E-state index is 0.412. The molecule has 1 aromatic carbocycles. The minimum Gasteiger partial charge on any atom is -0.359 e. The van der Waals surface area contributed by atoms with Gasteiger partial charge in [0.25, 0.3) is 0 Å². The summed E-state index contributed by atoms with van der Waals surface area (Å²) in [6, 6.07) is 9.72. The van der Waals surface area contributed by atoms with Crippen LogP contribution in [0.15, 0.2) is 36.5 Å². The molecule has 4 N–H and O–H groups in total. The molecule has 0 spiro atoms. The minimum absolute atomic E-state index is 0.412. The molecule has 3 aromatic rings. The number of nitrogens with zero attached hydrogens (tertiary/aromatic N) is 1. The van der Waals surface area contributed by atoms with Crippen LogP contribution in [0.1, 0.15) is 6.92 Å². The van der Waals surface area contributed by atoms with Crippen LogP contribution in [0.5, 0.6) is 0 Å². The van der Waals surface area contributed by atoms with Crippen LogP contribution in [0.25, 0.3) is 22.6 Å². The molecule has 0 radical (unpaired) electrons. The van der Waals surface area contributed by atoms with Gasteiger partial charge < -0.3 is 15.3 Å². The summed E-state index contributed by atoms with van der Waals surface area (Å²) in [5.74, 6) is 1.23. The van der Waals surface area contributed by atoms with Gasteiger partial charge in [0.1, 0.15) is 0 Å². The van der Waals surface area contributed by atoms with Gasteiger partial charge in [0.15, 0.2) is 5.82 Å². The molecule has 5 heteroatoms. The smallest absolute Gasteiger partial charge is 0.154 e. The Balaban J connectivity index is 2.04. The molecular formula is C13H13N5. The summed E-state index contributed by atoms with van der Waals surface area (Å²) in [7, 11) is 0. The second-order valence-corrected chi connectivity index (χ2v) is 4.15. The summed E-state index contributed by atoms with van der Waals surface area (Å²) in [5.41, 5.74) is 3.70. The normalized spacial score (nSPS) is 10.7. The Morgan fingerprint density at radius 2 is 2.22 bits per heavy atom. The second kappa shape index (κ2) is 4.03. The van der Waals surface area contributed by atoms with Gasteiger partial charge in [0.05, 0.1) is 22.6 Å². The Morgan fingerprint density at radius 3 is 2.94 bits per heavy atom. The van der Waals surface area contributed by atoms with E-state index >= 15 is 0 Å². The van der Waals surface area contributed by atoms with E-state index in [4.69, 9.17) is 5.41 Å². The van der Waals surface area contributed by atoms with Crippen LogP contribution in [0.2, 0.25) is 0 Å². The lowest BCUT2D eigenvalue weighted by molar-refractivity contribution is 1.27. The Morgan fingerprint density at radius 1 is 1.33 bits per heavy atom. The number of hydrogen-bond donors (Lipinski definition) is 4. The van der Waals surface area contributed by atoms with E-state index in [1.807, 2.05) is 36.5 Å². The van der Waals surface area contributed by atoms with E-state index in [1.165, 1.54) is 0 Å². The lowest BCUT2D eigenvalue weighted by Crippen LogP contribution is -2.04. The van der Waals surface area contributed by atoms with Crippen LogP contribution in [-0.2, 0) is 0 Å². The van der Waals surface area contributed by atoms with Crippen molar-refractivity contribution < 1.29 is 0 Å². The lowest BCUT2D eigenvalue weighted by Gasteiger charge is -2.02. The zero-order chi connectivity index (χ0) is 12.5. The quantitative estimate of drug-likeness (QED) is 0.409. The van der Waals surface area contributed by atoms with Crippen LogP contribution in [0, 0.1) is 5.41 Å². The monoisotopic (exact) mass is 239 g/mol. The number of benzene rings is 1. The summed E-state index contributed by atoms with van der Waals surface area (Å²) >= 11 is 0. The number of rotatable bonds is 2. The van der Waals surface area contributed by atoms with Crippen molar-refractivity contribution >= 4 is 22.6 Å². The first-order chi connectivity index (χ1) is 8.72. The Labute approximate surface area is 104 Å². The average Bonchev–Trinajstić information content (AvgIpc) is 2.95. The van der Waals surface area contributed by atoms with Crippen molar-refractivity contribution in [2.45, 2.75) is 6.92 Å². The second-order valence-electron chi connectivity index (χ2n) is 4.15. The molecule has 90 valence electrons. The largest absolute Gasteiger partial charge is 0.359 e. The number of anilines is 1. The standard InChI is InChI=1S/C13H13N5/c1-8(14)16-9-4-5-10-12(7-9)18-13(17-10)11-3-2-6-15-11/h2-7,15H,1H3,(H2,14,16)(H,17,18). The molecule has 0 atom stereocenters. The van der Waals surface area contributed by atoms with Crippen molar-refractivity contribution in [1.82, 2.24) is 15.0 Å². The molecule has 0 fully saturated rings. The highest BCUT2D eigenvalue weighted by atomic mass is 15.0. The molecule has 0 amide bonds. The molecule has 2 heterocycles. The van der Waals surface area contributed by atoms with Crippen molar-refractivity contribution in [3.05, 3.63) is 36.5 Å². The fraction of sp³-hybridized carbons (Fsp3) is 0.0769. The van der Waals surface area contributed by atoms with Crippen molar-refractivity contribution in [3.63, 3.8) is 0 Å². The van der Waals surface area contributed by atoms with Crippen molar-refractivity contribution in [2.75, 3.05) is 5.32 Å². The number of aromatic nitrogens is 3. The zero-order valence-electron chi connectivity index (χ0n) is 9.91. The first-order valence-electron chi connectivity index (χ1n) is 5.68. The molecule has 0 aliphatic carbocycles. The van der Waals surface area contributed by atoms with E-state index < -0.39 is 0 Å². The van der Waals surface area contributed by atoms with Crippen molar-refractivity contribution in [1.29, 1.82) is 5.41 Å². The number of hydrogen-bond acceptors (Lipinski definition) is 2. The average molecular weight is 239 g/mol. The van der Waals surface area contributed by atoms with Gasteiger partial charge in [-0.25, -0.2) is 4.98 Å². The third-order valence-electron chi connectivity index (χ3n) is 2.67. The molecule has 2 aromatic heterocycles. The Hall–Kier alpha value is -2.56. The van der Waals surface area contributed by atoms with E-state index in [1.54, 1.807) is 6.92 Å². The highest BCUT2D eigenvalue weighted by Gasteiger charge is 2.06. The van der Waals surface area contributed by atoms with Crippen LogP contribution >= 0.6 is 0 Å². The maximum Gasteiger partial charge on any atom is 0.154 e. The fourth-order valence-electron chi connectivity index (χ4n) is 1.91. The van der Waals surface area contributed by atoms with Gasteiger partial charge in [0.2, 0.25) is 0 Å². The van der Waals surface area contributed by atoms with Gasteiger partial charge in [0, 0.05) is 11.9 Å². The molecule has 0 bridgehead atoms. The van der Waals surface area contributed by atoms with E-state index in [2.05, 4.69) is 20.3 Å². The van der Waals surface area contributed by atoms with Gasteiger partial charge in [-0.15, -0.1) is 0 Å². The molecule has 3 rings (SSSR count).